The fourth-order valence-electron chi connectivity index (χ4n) is 3.63. The van der Waals surface area contributed by atoms with Gasteiger partial charge in [-0.25, -0.2) is 4.98 Å². The van der Waals surface area contributed by atoms with E-state index in [-0.39, 0.29) is 11.3 Å². The van der Waals surface area contributed by atoms with Gasteiger partial charge in [0.15, 0.2) is 5.76 Å². The van der Waals surface area contributed by atoms with Crippen LogP contribution in [0.3, 0.4) is 0 Å². The fraction of sp³-hybridized carbons (Fsp3) is 0.192. The summed E-state index contributed by atoms with van der Waals surface area (Å²) in [6.07, 6.45) is 0. The van der Waals surface area contributed by atoms with Crippen molar-refractivity contribution in [2.45, 2.75) is 33.1 Å². The SMILES string of the molecule is Cc1cc(NC(=O)c2ccc(C(C)(C)C)cc2)n(-c2nc(-c3cc4ccccc4o3)cs2)n1. The van der Waals surface area contributed by atoms with E-state index in [1.807, 2.05) is 73.0 Å². The second kappa shape index (κ2) is 8.01. The molecular weight excluding hydrogens is 432 g/mol. The first-order valence-corrected chi connectivity index (χ1v) is 11.6. The molecule has 0 saturated carbocycles. The number of hydrogen-bond donors (Lipinski definition) is 1. The van der Waals surface area contributed by atoms with Gasteiger partial charge in [0, 0.05) is 22.4 Å². The van der Waals surface area contributed by atoms with Gasteiger partial charge in [0.1, 0.15) is 17.1 Å². The van der Waals surface area contributed by atoms with Crippen molar-refractivity contribution in [2.75, 3.05) is 5.32 Å². The van der Waals surface area contributed by atoms with Gasteiger partial charge in [-0.1, -0.05) is 51.1 Å². The molecule has 6 nitrogen and oxygen atoms in total. The van der Waals surface area contributed by atoms with E-state index in [1.54, 1.807) is 4.68 Å². The van der Waals surface area contributed by atoms with Crippen molar-refractivity contribution in [2.24, 2.45) is 0 Å². The van der Waals surface area contributed by atoms with Crippen molar-refractivity contribution in [1.29, 1.82) is 0 Å². The van der Waals surface area contributed by atoms with E-state index < -0.39 is 0 Å². The first kappa shape index (κ1) is 21.2. The van der Waals surface area contributed by atoms with Gasteiger partial charge >= 0.3 is 0 Å². The van der Waals surface area contributed by atoms with E-state index in [1.165, 1.54) is 16.9 Å². The molecule has 0 bridgehead atoms. The number of aromatic nitrogens is 3. The summed E-state index contributed by atoms with van der Waals surface area (Å²) in [6.45, 7) is 8.34. The van der Waals surface area contributed by atoms with Gasteiger partial charge < -0.3 is 9.73 Å². The number of thiazole rings is 1. The van der Waals surface area contributed by atoms with Gasteiger partial charge in [-0.2, -0.15) is 9.78 Å². The predicted molar refractivity (Wildman–Crippen MR) is 132 cm³/mol. The van der Waals surface area contributed by atoms with Gasteiger partial charge in [-0.05, 0) is 42.2 Å². The molecule has 0 atom stereocenters. The molecule has 5 rings (SSSR count). The van der Waals surface area contributed by atoms with Crippen LogP contribution in [0.15, 0.2) is 70.5 Å². The highest BCUT2D eigenvalue weighted by Crippen LogP contribution is 2.31. The summed E-state index contributed by atoms with van der Waals surface area (Å²) in [7, 11) is 0. The summed E-state index contributed by atoms with van der Waals surface area (Å²) in [5.41, 5.74) is 4.15. The zero-order valence-corrected chi connectivity index (χ0v) is 19.7. The van der Waals surface area contributed by atoms with Crippen LogP contribution in [-0.2, 0) is 5.41 Å². The van der Waals surface area contributed by atoms with E-state index in [4.69, 9.17) is 9.40 Å². The van der Waals surface area contributed by atoms with Crippen LogP contribution in [0, 0.1) is 6.92 Å². The number of nitrogens with one attached hydrogen (secondary N) is 1. The van der Waals surface area contributed by atoms with Crippen LogP contribution >= 0.6 is 11.3 Å². The molecule has 3 heterocycles. The third-order valence-electron chi connectivity index (χ3n) is 5.44. The highest BCUT2D eigenvalue weighted by Gasteiger charge is 2.18. The maximum atomic E-state index is 12.9. The van der Waals surface area contributed by atoms with Crippen LogP contribution in [0.4, 0.5) is 5.82 Å². The Morgan fingerprint density at radius 3 is 2.55 bits per heavy atom. The second-order valence-corrected chi connectivity index (χ2v) is 9.86. The molecular formula is C26H24N4O2S. The molecule has 0 radical (unpaired) electrons. The second-order valence-electron chi connectivity index (χ2n) is 9.03. The molecule has 0 aliphatic carbocycles. The summed E-state index contributed by atoms with van der Waals surface area (Å²) >= 11 is 1.44. The Kier molecular flexibility index (Phi) is 5.13. The normalized spacial score (nSPS) is 11.8. The quantitative estimate of drug-likeness (QED) is 0.331. The van der Waals surface area contributed by atoms with Crippen LogP contribution in [0.1, 0.15) is 42.4 Å². The smallest absolute Gasteiger partial charge is 0.256 e. The van der Waals surface area contributed by atoms with Crippen molar-refractivity contribution in [3.8, 4) is 16.6 Å². The molecule has 3 aromatic heterocycles. The summed E-state index contributed by atoms with van der Waals surface area (Å²) < 4.78 is 7.60. The molecule has 33 heavy (non-hydrogen) atoms. The molecule has 0 aliphatic heterocycles. The lowest BCUT2D eigenvalue weighted by Gasteiger charge is -2.19. The van der Waals surface area contributed by atoms with Gasteiger partial charge in [0.05, 0.1) is 5.69 Å². The summed E-state index contributed by atoms with van der Waals surface area (Å²) in [4.78, 5) is 17.6. The van der Waals surface area contributed by atoms with Gasteiger partial charge in [0.2, 0.25) is 5.13 Å². The van der Waals surface area contributed by atoms with Crippen molar-refractivity contribution >= 4 is 34.0 Å². The Hall–Kier alpha value is -3.71. The Morgan fingerprint density at radius 2 is 1.82 bits per heavy atom. The Bertz CT molecular complexity index is 1420. The third kappa shape index (κ3) is 4.19. The number of nitrogens with zero attached hydrogens (tertiary/aromatic N) is 3. The Balaban J connectivity index is 1.41. The molecule has 0 spiro atoms. The molecule has 0 unspecified atom stereocenters. The highest BCUT2D eigenvalue weighted by molar-refractivity contribution is 7.12. The summed E-state index contributed by atoms with van der Waals surface area (Å²) in [5.74, 6) is 1.08. The number of amides is 1. The average Bonchev–Trinajstić information content (AvgIpc) is 3.50. The number of fused-ring (bicyclic) bond motifs is 1. The highest BCUT2D eigenvalue weighted by atomic mass is 32.1. The molecule has 0 saturated heterocycles. The standard InChI is InChI=1S/C26H24N4O2S/c1-16-13-23(28-24(31)17-9-11-19(12-10-17)26(2,3)4)30(29-16)25-27-20(15-33-25)22-14-18-7-5-6-8-21(18)32-22/h5-15H,1-4H3,(H,28,31). The largest absolute Gasteiger partial charge is 0.454 e. The number of furan rings is 1. The molecule has 0 fully saturated rings. The van der Waals surface area contributed by atoms with Crippen molar-refractivity contribution in [3.63, 3.8) is 0 Å². The number of carbonyl (C=O) groups is 1. The Morgan fingerprint density at radius 1 is 1.06 bits per heavy atom. The van der Waals surface area contributed by atoms with E-state index in [0.717, 1.165) is 22.4 Å². The van der Waals surface area contributed by atoms with Crippen molar-refractivity contribution < 1.29 is 9.21 Å². The first-order chi connectivity index (χ1) is 15.8. The van der Waals surface area contributed by atoms with Gasteiger partial charge in [-0.3, -0.25) is 4.79 Å². The number of benzene rings is 2. The lowest BCUT2D eigenvalue weighted by Crippen LogP contribution is -2.16. The minimum Gasteiger partial charge on any atom is -0.454 e. The van der Waals surface area contributed by atoms with Crippen LogP contribution in [0.25, 0.3) is 27.6 Å². The third-order valence-corrected chi connectivity index (χ3v) is 6.25. The summed E-state index contributed by atoms with van der Waals surface area (Å²) in [6, 6.07) is 19.4. The van der Waals surface area contributed by atoms with Crippen molar-refractivity contribution in [3.05, 3.63) is 82.9 Å². The predicted octanol–water partition coefficient (Wildman–Crippen LogP) is 6.60. The van der Waals surface area contributed by atoms with E-state index in [0.29, 0.717) is 22.3 Å². The van der Waals surface area contributed by atoms with Crippen molar-refractivity contribution in [1.82, 2.24) is 14.8 Å². The lowest BCUT2D eigenvalue weighted by molar-refractivity contribution is 0.102. The number of aryl methyl sites for hydroxylation is 1. The topological polar surface area (TPSA) is 73.0 Å². The van der Waals surface area contributed by atoms with E-state index in [9.17, 15) is 4.79 Å². The average molecular weight is 457 g/mol. The van der Waals surface area contributed by atoms with Gasteiger partial charge in [-0.15, -0.1) is 11.3 Å². The molecule has 166 valence electrons. The number of anilines is 1. The number of carbonyl (C=O) groups excluding carboxylic acids is 1. The van der Waals surface area contributed by atoms with Crippen LogP contribution in [-0.4, -0.2) is 20.7 Å². The van der Waals surface area contributed by atoms with E-state index >= 15 is 0 Å². The maximum Gasteiger partial charge on any atom is 0.256 e. The van der Waals surface area contributed by atoms with Crippen LogP contribution < -0.4 is 5.32 Å². The minimum atomic E-state index is -0.189. The minimum absolute atomic E-state index is 0.0348. The lowest BCUT2D eigenvalue weighted by atomic mass is 9.87. The monoisotopic (exact) mass is 456 g/mol. The van der Waals surface area contributed by atoms with Crippen LogP contribution in [0.5, 0.6) is 0 Å². The number of para-hydroxylation sites is 1. The van der Waals surface area contributed by atoms with Crippen LogP contribution in [0.2, 0.25) is 0 Å². The molecule has 2 aromatic carbocycles. The maximum absolute atomic E-state index is 12.9. The fourth-order valence-corrected chi connectivity index (χ4v) is 4.40. The summed E-state index contributed by atoms with van der Waals surface area (Å²) in [5, 5.41) is 11.1. The van der Waals surface area contributed by atoms with Gasteiger partial charge in [0.25, 0.3) is 5.91 Å². The number of hydrogen-bond acceptors (Lipinski definition) is 5. The molecule has 5 aromatic rings. The number of rotatable bonds is 4. The van der Waals surface area contributed by atoms with E-state index in [2.05, 4.69) is 31.2 Å². The molecule has 1 N–H and O–H groups in total. The molecule has 1 amide bonds. The first-order valence-electron chi connectivity index (χ1n) is 10.7. The zero-order chi connectivity index (χ0) is 23.2. The zero-order valence-electron chi connectivity index (χ0n) is 18.9. The molecule has 0 aliphatic rings. The Labute approximate surface area is 195 Å². The molecule has 7 heteroatoms.